The van der Waals surface area contributed by atoms with E-state index in [-0.39, 0.29) is 12.0 Å². The first-order valence-corrected chi connectivity index (χ1v) is 6.35. The molecule has 106 valence electrons. The summed E-state index contributed by atoms with van der Waals surface area (Å²) < 4.78 is 5.55. The van der Waals surface area contributed by atoms with Gasteiger partial charge in [0, 0.05) is 0 Å². The van der Waals surface area contributed by atoms with Crippen LogP contribution in [0.1, 0.15) is 33.3 Å². The minimum Gasteiger partial charge on any atom is -0.491 e. The summed E-state index contributed by atoms with van der Waals surface area (Å²) in [6, 6.07) is 7.76. The van der Waals surface area contributed by atoms with Crippen molar-refractivity contribution >= 4 is 5.97 Å². The third-order valence-corrected chi connectivity index (χ3v) is 3.27. The van der Waals surface area contributed by atoms with E-state index in [2.05, 4.69) is 26.1 Å². The Balaban J connectivity index is 2.72. The Hall–Kier alpha value is -1.55. The number of aliphatic carboxylic acids is 1. The lowest BCUT2D eigenvalue weighted by molar-refractivity contribution is -0.145. The first-order valence-electron chi connectivity index (χ1n) is 6.35. The first kappa shape index (κ1) is 15.5. The van der Waals surface area contributed by atoms with Gasteiger partial charge in [0.2, 0.25) is 0 Å². The van der Waals surface area contributed by atoms with E-state index in [0.29, 0.717) is 5.75 Å². The van der Waals surface area contributed by atoms with E-state index in [1.165, 1.54) is 5.56 Å². The van der Waals surface area contributed by atoms with Gasteiger partial charge in [-0.25, -0.2) is 0 Å². The molecular formula is C15H23NO3. The predicted octanol–water partition coefficient (Wildman–Crippen LogP) is 2.43. The smallest absolute Gasteiger partial charge is 0.327 e. The molecule has 1 aromatic carbocycles. The monoisotopic (exact) mass is 265 g/mol. The molecule has 1 rings (SSSR count). The number of nitrogens with one attached hydrogen (secondary N) is 1. The summed E-state index contributed by atoms with van der Waals surface area (Å²) >= 11 is 0. The molecule has 0 aliphatic heterocycles. The Bertz CT molecular complexity index is 434. The molecule has 1 unspecified atom stereocenters. The average molecular weight is 265 g/mol. The van der Waals surface area contributed by atoms with Crippen LogP contribution in [0.5, 0.6) is 5.75 Å². The van der Waals surface area contributed by atoms with E-state index in [9.17, 15) is 4.79 Å². The van der Waals surface area contributed by atoms with Gasteiger partial charge >= 0.3 is 5.97 Å². The van der Waals surface area contributed by atoms with Gasteiger partial charge in [-0.2, -0.15) is 0 Å². The van der Waals surface area contributed by atoms with Crippen LogP contribution in [0, 0.1) is 0 Å². The Morgan fingerprint density at radius 1 is 1.21 bits per heavy atom. The molecule has 0 amide bonds. The second kappa shape index (κ2) is 5.61. The van der Waals surface area contributed by atoms with Crippen molar-refractivity contribution in [2.75, 3.05) is 13.7 Å². The number of ether oxygens (including phenoxy) is 1. The van der Waals surface area contributed by atoms with Crippen molar-refractivity contribution in [3.63, 3.8) is 0 Å². The van der Waals surface area contributed by atoms with E-state index in [4.69, 9.17) is 9.84 Å². The van der Waals surface area contributed by atoms with Crippen molar-refractivity contribution in [2.24, 2.45) is 0 Å². The maximum atomic E-state index is 11.1. The molecule has 0 aliphatic rings. The Morgan fingerprint density at radius 2 is 1.74 bits per heavy atom. The van der Waals surface area contributed by atoms with Crippen molar-refractivity contribution in [1.82, 2.24) is 5.32 Å². The second-order valence-corrected chi connectivity index (χ2v) is 5.95. The molecule has 0 fully saturated rings. The summed E-state index contributed by atoms with van der Waals surface area (Å²) in [5.74, 6) is -0.253. The Labute approximate surface area is 114 Å². The van der Waals surface area contributed by atoms with E-state index in [0.717, 1.165) is 0 Å². The van der Waals surface area contributed by atoms with E-state index in [1.54, 1.807) is 14.0 Å². The molecule has 19 heavy (non-hydrogen) atoms. The number of carboxylic acids is 1. The van der Waals surface area contributed by atoms with Crippen LogP contribution in [0.4, 0.5) is 0 Å². The van der Waals surface area contributed by atoms with Gasteiger partial charge in [0.25, 0.3) is 0 Å². The highest BCUT2D eigenvalue weighted by Crippen LogP contribution is 2.24. The minimum atomic E-state index is -1.08. The van der Waals surface area contributed by atoms with Gasteiger partial charge in [0.15, 0.2) is 0 Å². The van der Waals surface area contributed by atoms with E-state index >= 15 is 0 Å². The van der Waals surface area contributed by atoms with Crippen molar-refractivity contribution < 1.29 is 14.6 Å². The summed E-state index contributed by atoms with van der Waals surface area (Å²) in [5.41, 5.74) is 0.233. The van der Waals surface area contributed by atoms with Gasteiger partial charge in [0.1, 0.15) is 17.9 Å². The van der Waals surface area contributed by atoms with Gasteiger partial charge in [-0.15, -0.1) is 0 Å². The van der Waals surface area contributed by atoms with Gasteiger partial charge in [-0.3, -0.25) is 4.79 Å². The summed E-state index contributed by atoms with van der Waals surface area (Å²) in [4.78, 5) is 11.1. The maximum absolute atomic E-state index is 11.1. The normalized spacial score (nSPS) is 14.8. The van der Waals surface area contributed by atoms with Crippen LogP contribution >= 0.6 is 0 Å². The molecular weight excluding hydrogens is 242 g/mol. The highest BCUT2D eigenvalue weighted by molar-refractivity contribution is 5.78. The van der Waals surface area contributed by atoms with Gasteiger partial charge in [0.05, 0.1) is 0 Å². The van der Waals surface area contributed by atoms with Crippen LogP contribution in [0.3, 0.4) is 0 Å². The van der Waals surface area contributed by atoms with Crippen LogP contribution in [0.2, 0.25) is 0 Å². The van der Waals surface area contributed by atoms with Crippen LogP contribution in [-0.4, -0.2) is 30.3 Å². The van der Waals surface area contributed by atoms with Gasteiger partial charge in [-0.05, 0) is 37.1 Å². The topological polar surface area (TPSA) is 58.6 Å². The Morgan fingerprint density at radius 3 is 2.11 bits per heavy atom. The number of benzene rings is 1. The van der Waals surface area contributed by atoms with E-state index < -0.39 is 11.5 Å². The molecule has 0 aliphatic carbocycles. The molecule has 1 aromatic rings. The average Bonchev–Trinajstić information content (AvgIpc) is 2.35. The van der Waals surface area contributed by atoms with Crippen molar-refractivity contribution in [2.45, 2.75) is 38.6 Å². The van der Waals surface area contributed by atoms with Crippen molar-refractivity contribution in [3.8, 4) is 5.75 Å². The van der Waals surface area contributed by atoms with Gasteiger partial charge < -0.3 is 15.2 Å². The standard InChI is InChI=1S/C15H23NO3/c1-14(2,3)11-6-8-12(9-7-11)19-10-15(4,16-5)13(17)18/h6-9,16H,10H2,1-5H3,(H,17,18). The molecule has 4 nitrogen and oxygen atoms in total. The number of hydrogen-bond acceptors (Lipinski definition) is 3. The molecule has 0 radical (unpaired) electrons. The highest BCUT2D eigenvalue weighted by atomic mass is 16.5. The fourth-order valence-corrected chi connectivity index (χ4v) is 1.52. The van der Waals surface area contributed by atoms with Crippen molar-refractivity contribution in [1.29, 1.82) is 0 Å². The molecule has 0 bridgehead atoms. The third-order valence-electron chi connectivity index (χ3n) is 3.27. The van der Waals surface area contributed by atoms with Crippen LogP contribution in [0.15, 0.2) is 24.3 Å². The predicted molar refractivity (Wildman–Crippen MR) is 75.7 cm³/mol. The SMILES string of the molecule is CNC(C)(COc1ccc(C(C)(C)C)cc1)C(=O)O. The maximum Gasteiger partial charge on any atom is 0.327 e. The highest BCUT2D eigenvalue weighted by Gasteiger charge is 2.32. The summed E-state index contributed by atoms with van der Waals surface area (Å²) in [6.45, 7) is 8.11. The van der Waals surface area contributed by atoms with Crippen molar-refractivity contribution in [3.05, 3.63) is 29.8 Å². The van der Waals surface area contributed by atoms with Gasteiger partial charge in [-0.1, -0.05) is 32.9 Å². The number of likely N-dealkylation sites (N-methyl/N-ethyl adjacent to an activating group) is 1. The molecule has 1 atom stereocenters. The quantitative estimate of drug-likeness (QED) is 0.858. The van der Waals surface area contributed by atoms with E-state index in [1.807, 2.05) is 24.3 Å². The van der Waals surface area contributed by atoms with Crippen LogP contribution in [-0.2, 0) is 10.2 Å². The molecule has 0 heterocycles. The lowest BCUT2D eigenvalue weighted by Gasteiger charge is -2.24. The lowest BCUT2D eigenvalue weighted by atomic mass is 9.87. The fraction of sp³-hybridized carbons (Fsp3) is 0.533. The lowest BCUT2D eigenvalue weighted by Crippen LogP contribution is -2.52. The van der Waals surface area contributed by atoms with Crippen LogP contribution in [0.25, 0.3) is 0 Å². The summed E-state index contributed by atoms with van der Waals surface area (Å²) in [6.07, 6.45) is 0. The number of hydrogen-bond donors (Lipinski definition) is 2. The second-order valence-electron chi connectivity index (χ2n) is 5.95. The number of carbonyl (C=O) groups is 1. The minimum absolute atomic E-state index is 0.0771. The molecule has 0 spiro atoms. The summed E-state index contributed by atoms with van der Waals surface area (Å²) in [7, 11) is 1.61. The van der Waals surface area contributed by atoms with Crippen LogP contribution < -0.4 is 10.1 Å². The molecule has 4 heteroatoms. The fourth-order valence-electron chi connectivity index (χ4n) is 1.52. The number of carboxylic acid groups (broad SMARTS) is 1. The molecule has 0 aromatic heterocycles. The molecule has 0 saturated heterocycles. The molecule has 2 N–H and O–H groups in total. The zero-order chi connectivity index (χ0) is 14.7. The first-order chi connectivity index (χ1) is 8.69. The molecule has 0 saturated carbocycles. The number of rotatable bonds is 5. The third kappa shape index (κ3) is 3.96. The largest absolute Gasteiger partial charge is 0.491 e. The zero-order valence-corrected chi connectivity index (χ0v) is 12.3. The Kier molecular flexibility index (Phi) is 4.58. The zero-order valence-electron chi connectivity index (χ0n) is 12.3. The summed E-state index contributed by atoms with van der Waals surface area (Å²) in [5, 5.41) is 11.9.